The van der Waals surface area contributed by atoms with Gasteiger partial charge in [-0.05, 0) is 70.6 Å². The van der Waals surface area contributed by atoms with Crippen molar-refractivity contribution in [2.24, 2.45) is 0 Å². The maximum Gasteiger partial charge on any atom is 0.362 e. The van der Waals surface area contributed by atoms with Crippen LogP contribution in [0.15, 0.2) is 60.8 Å². The molecule has 0 spiro atoms. The van der Waals surface area contributed by atoms with Gasteiger partial charge < -0.3 is 23.8 Å². The molecule has 0 aromatic heterocycles. The van der Waals surface area contributed by atoms with Gasteiger partial charge in [-0.1, -0.05) is 197 Å². The van der Waals surface area contributed by atoms with E-state index in [-0.39, 0.29) is 36.2 Å². The van der Waals surface area contributed by atoms with Gasteiger partial charge in [0.1, 0.15) is 6.61 Å². The number of esters is 2. The minimum atomic E-state index is -0.880. The quantitative estimate of drug-likeness (QED) is 0.0213. The van der Waals surface area contributed by atoms with E-state index < -0.39 is 18.1 Å². The topological polar surface area (TPSA) is 99.1 Å². The van der Waals surface area contributed by atoms with Crippen LogP contribution >= 0.6 is 0 Å². The monoisotopic (exact) mass is 899 g/mol. The molecule has 0 amide bonds. The van der Waals surface area contributed by atoms with Crippen LogP contribution in [0.1, 0.15) is 226 Å². The average Bonchev–Trinajstić information content (AvgIpc) is 3.26. The summed E-state index contributed by atoms with van der Waals surface area (Å²) in [7, 11) is 5.52. The molecule has 0 heterocycles. The highest BCUT2D eigenvalue weighted by Crippen LogP contribution is 2.14. The number of nitrogens with zero attached hydrogens (tertiary/aromatic N) is 1. The van der Waals surface area contributed by atoms with Crippen molar-refractivity contribution in [3.8, 4) is 0 Å². The van der Waals surface area contributed by atoms with Crippen molar-refractivity contribution in [1.29, 1.82) is 0 Å². The lowest BCUT2D eigenvalue weighted by atomic mass is 10.1. The molecule has 0 aromatic rings. The van der Waals surface area contributed by atoms with Gasteiger partial charge in [0.15, 0.2) is 12.1 Å². The van der Waals surface area contributed by atoms with E-state index in [1.165, 1.54) is 116 Å². The zero-order chi connectivity index (χ0) is 47.0. The third-order valence-corrected chi connectivity index (χ3v) is 11.7. The Bertz CT molecular complexity index is 1230. The molecule has 8 nitrogen and oxygen atoms in total. The summed E-state index contributed by atoms with van der Waals surface area (Å²) < 4.78 is 17.3. The molecule has 0 rings (SSSR count). The van der Waals surface area contributed by atoms with Crippen LogP contribution in [0, 0.1) is 0 Å². The summed E-state index contributed by atoms with van der Waals surface area (Å²) in [4.78, 5) is 37.2. The fourth-order valence-corrected chi connectivity index (χ4v) is 7.59. The second-order valence-corrected chi connectivity index (χ2v) is 18.8. The van der Waals surface area contributed by atoms with Crippen LogP contribution in [-0.4, -0.2) is 80.6 Å². The highest BCUT2D eigenvalue weighted by atomic mass is 16.6. The summed E-state index contributed by atoms with van der Waals surface area (Å²) in [6.45, 7) is 4.70. The van der Waals surface area contributed by atoms with Crippen LogP contribution in [0.25, 0.3) is 0 Å². The van der Waals surface area contributed by atoms with E-state index in [9.17, 15) is 19.5 Å². The van der Waals surface area contributed by atoms with Crippen molar-refractivity contribution < 1.29 is 38.2 Å². The highest BCUT2D eigenvalue weighted by molar-refractivity contribution is 5.72. The van der Waals surface area contributed by atoms with Gasteiger partial charge in [-0.25, -0.2) is 4.79 Å². The van der Waals surface area contributed by atoms with Gasteiger partial charge in [-0.3, -0.25) is 9.59 Å². The first-order valence-electron chi connectivity index (χ1n) is 26.4. The fraction of sp³-hybridized carbons (Fsp3) is 0.768. The van der Waals surface area contributed by atoms with Gasteiger partial charge in [-0.2, -0.15) is 0 Å². The first kappa shape index (κ1) is 61.0. The maximum absolute atomic E-state index is 12.8. The summed E-state index contributed by atoms with van der Waals surface area (Å²) in [5, 5.41) is 9.66. The second kappa shape index (κ2) is 46.6. The third-order valence-electron chi connectivity index (χ3n) is 11.7. The van der Waals surface area contributed by atoms with E-state index in [4.69, 9.17) is 14.2 Å². The minimum absolute atomic E-state index is 0.0485. The standard InChI is InChI=1S/C56H99NO7/c1-6-8-10-12-14-16-18-20-22-24-26-27-28-29-31-32-34-36-38-40-42-44-46-54(58)63-51-52(50-62-49-48-53(56(60)61)57(3,4)5)64-55(59)47-45-43-41-39-37-35-33-30-25-23-21-19-17-15-13-11-9-7-2/h19,21,23-26,28-30,33,52-53H,6-18,20,22,27,31-32,34-51H2,1-5H3/p+1/b21-19+,25-23+,26-24+,29-28+,33-30+. The number of unbranched alkanes of at least 4 members (excludes halogenated alkanes) is 25. The Morgan fingerprint density at radius 3 is 1.33 bits per heavy atom. The lowest BCUT2D eigenvalue weighted by molar-refractivity contribution is -0.887. The van der Waals surface area contributed by atoms with Crippen LogP contribution < -0.4 is 0 Å². The molecule has 0 aliphatic rings. The van der Waals surface area contributed by atoms with Crippen LogP contribution in [0.3, 0.4) is 0 Å². The zero-order valence-corrected chi connectivity index (χ0v) is 42.2. The third kappa shape index (κ3) is 44.2. The van der Waals surface area contributed by atoms with Crippen LogP contribution in [-0.2, 0) is 28.6 Å². The summed E-state index contributed by atoms with van der Waals surface area (Å²) in [6, 6.07) is -0.623. The number of hydrogen-bond acceptors (Lipinski definition) is 6. The van der Waals surface area contributed by atoms with E-state index in [2.05, 4.69) is 74.6 Å². The molecule has 0 saturated carbocycles. The number of carbonyl (C=O) groups excluding carboxylic acids is 2. The lowest BCUT2D eigenvalue weighted by Crippen LogP contribution is -2.50. The number of aliphatic carboxylic acids is 1. The van der Waals surface area contributed by atoms with E-state index in [0.29, 0.717) is 19.3 Å². The van der Waals surface area contributed by atoms with Crippen molar-refractivity contribution in [3.05, 3.63) is 60.8 Å². The lowest BCUT2D eigenvalue weighted by Gasteiger charge is -2.31. The molecular formula is C56H100NO7+. The van der Waals surface area contributed by atoms with Gasteiger partial charge >= 0.3 is 17.9 Å². The number of quaternary nitrogens is 1. The predicted octanol–water partition coefficient (Wildman–Crippen LogP) is 15.3. The molecule has 370 valence electrons. The van der Waals surface area contributed by atoms with E-state index in [1.54, 1.807) is 0 Å². The fourth-order valence-electron chi connectivity index (χ4n) is 7.59. The van der Waals surface area contributed by atoms with Gasteiger partial charge in [0, 0.05) is 19.3 Å². The Morgan fingerprint density at radius 1 is 0.484 bits per heavy atom. The van der Waals surface area contributed by atoms with Crippen LogP contribution in [0.2, 0.25) is 0 Å². The number of rotatable bonds is 47. The Hall–Kier alpha value is -2.97. The molecule has 2 atom stereocenters. The van der Waals surface area contributed by atoms with Gasteiger partial charge in [0.25, 0.3) is 0 Å². The van der Waals surface area contributed by atoms with E-state index >= 15 is 0 Å². The highest BCUT2D eigenvalue weighted by Gasteiger charge is 2.31. The SMILES string of the molecule is CCCCCCC/C=C/C=C/C=C/CCCCCCCC(=O)OC(COCCC(C(=O)O)[N+](C)(C)C)COC(=O)CCCCCCCCC/C=C/C/C=C/CCCCCCCCCC. The number of hydrogen-bond donors (Lipinski definition) is 1. The molecule has 0 bridgehead atoms. The number of ether oxygens (including phenoxy) is 3. The van der Waals surface area contributed by atoms with Gasteiger partial charge in [-0.15, -0.1) is 0 Å². The second-order valence-electron chi connectivity index (χ2n) is 18.8. The molecule has 1 N–H and O–H groups in total. The van der Waals surface area contributed by atoms with Crippen molar-refractivity contribution in [3.63, 3.8) is 0 Å². The predicted molar refractivity (Wildman–Crippen MR) is 271 cm³/mol. The molecule has 0 aliphatic carbocycles. The van der Waals surface area contributed by atoms with Crippen molar-refractivity contribution in [1.82, 2.24) is 0 Å². The molecule has 8 heteroatoms. The molecule has 2 unspecified atom stereocenters. The first-order chi connectivity index (χ1) is 31.1. The van der Waals surface area contributed by atoms with Crippen LogP contribution in [0.4, 0.5) is 0 Å². The van der Waals surface area contributed by atoms with E-state index in [1.807, 2.05) is 21.1 Å². The van der Waals surface area contributed by atoms with E-state index in [0.717, 1.165) is 77.0 Å². The number of likely N-dealkylation sites (N-methyl/N-ethyl adjacent to an activating group) is 1. The number of allylic oxidation sites excluding steroid dienone is 10. The summed E-state index contributed by atoms with van der Waals surface area (Å²) in [5.41, 5.74) is 0. The Morgan fingerprint density at radius 2 is 0.891 bits per heavy atom. The molecule has 0 fully saturated rings. The molecular weight excluding hydrogens is 799 g/mol. The Kier molecular flexibility index (Phi) is 44.4. The van der Waals surface area contributed by atoms with Crippen molar-refractivity contribution in [2.75, 3.05) is 41.0 Å². The number of carboxylic acids is 1. The molecule has 64 heavy (non-hydrogen) atoms. The minimum Gasteiger partial charge on any atom is -0.477 e. The van der Waals surface area contributed by atoms with Gasteiger partial charge in [0.05, 0.1) is 34.4 Å². The zero-order valence-electron chi connectivity index (χ0n) is 42.2. The van der Waals surface area contributed by atoms with Crippen LogP contribution in [0.5, 0.6) is 0 Å². The largest absolute Gasteiger partial charge is 0.477 e. The van der Waals surface area contributed by atoms with Gasteiger partial charge in [0.2, 0.25) is 0 Å². The molecule has 0 aliphatic heterocycles. The Labute approximate surface area is 394 Å². The summed E-state index contributed by atoms with van der Waals surface area (Å²) in [6.07, 6.45) is 58.4. The summed E-state index contributed by atoms with van der Waals surface area (Å²) in [5.74, 6) is -1.50. The average molecular weight is 899 g/mol. The summed E-state index contributed by atoms with van der Waals surface area (Å²) >= 11 is 0. The molecule has 0 saturated heterocycles. The van der Waals surface area contributed by atoms with Crippen molar-refractivity contribution >= 4 is 17.9 Å². The molecule has 0 radical (unpaired) electrons. The Balaban J connectivity index is 4.29. The van der Waals surface area contributed by atoms with Crippen molar-refractivity contribution in [2.45, 2.75) is 238 Å². The number of carboxylic acid groups (broad SMARTS) is 1. The first-order valence-corrected chi connectivity index (χ1v) is 26.4. The number of carbonyl (C=O) groups is 3. The maximum atomic E-state index is 12.8. The normalized spacial score (nSPS) is 13.3. The smallest absolute Gasteiger partial charge is 0.362 e. The molecule has 0 aromatic carbocycles.